The lowest BCUT2D eigenvalue weighted by Gasteiger charge is -2.10. The van der Waals surface area contributed by atoms with Gasteiger partial charge in [0.25, 0.3) is 15.9 Å². The first-order valence-corrected chi connectivity index (χ1v) is 11.5. The van der Waals surface area contributed by atoms with Gasteiger partial charge in [-0.3, -0.25) is 9.52 Å². The van der Waals surface area contributed by atoms with Crippen molar-refractivity contribution >= 4 is 33.2 Å². The summed E-state index contributed by atoms with van der Waals surface area (Å²) in [5, 5.41) is 7.52. The highest BCUT2D eigenvalue weighted by Gasteiger charge is 2.15. The summed E-state index contributed by atoms with van der Waals surface area (Å²) in [7, 11) is -3.78. The lowest BCUT2D eigenvalue weighted by molar-refractivity contribution is 0.0951. The number of sulfonamides is 1. The Labute approximate surface area is 190 Å². The fourth-order valence-electron chi connectivity index (χ4n) is 2.99. The molecule has 32 heavy (non-hydrogen) atoms. The van der Waals surface area contributed by atoms with Gasteiger partial charge in [-0.15, -0.1) is 0 Å². The van der Waals surface area contributed by atoms with Crippen molar-refractivity contribution in [2.24, 2.45) is 0 Å². The maximum Gasteiger partial charge on any atom is 0.261 e. The fourth-order valence-corrected chi connectivity index (χ4v) is 4.17. The molecule has 0 spiro atoms. The van der Waals surface area contributed by atoms with Gasteiger partial charge in [0.1, 0.15) is 0 Å². The highest BCUT2D eigenvalue weighted by atomic mass is 35.5. The highest BCUT2D eigenvalue weighted by Crippen LogP contribution is 2.19. The van der Waals surface area contributed by atoms with E-state index in [4.69, 9.17) is 11.6 Å². The van der Waals surface area contributed by atoms with E-state index in [1.807, 2.05) is 36.5 Å². The molecule has 0 fully saturated rings. The molecule has 2 N–H and O–H groups in total. The van der Waals surface area contributed by atoms with E-state index in [1.165, 1.54) is 24.3 Å². The molecule has 1 heterocycles. The number of nitrogens with one attached hydrogen (secondary N) is 2. The minimum Gasteiger partial charge on any atom is -0.348 e. The van der Waals surface area contributed by atoms with Crippen molar-refractivity contribution in [3.05, 3.63) is 107 Å². The van der Waals surface area contributed by atoms with Crippen LogP contribution in [0.3, 0.4) is 0 Å². The molecule has 0 bridgehead atoms. The number of carbonyl (C=O) groups is 1. The largest absolute Gasteiger partial charge is 0.348 e. The number of anilines is 1. The van der Waals surface area contributed by atoms with E-state index in [1.54, 1.807) is 35.1 Å². The van der Waals surface area contributed by atoms with Crippen LogP contribution in [0.2, 0.25) is 5.02 Å². The molecule has 9 heteroatoms. The number of aromatic nitrogens is 2. The molecule has 4 rings (SSSR count). The van der Waals surface area contributed by atoms with Gasteiger partial charge >= 0.3 is 0 Å². The first-order valence-electron chi connectivity index (χ1n) is 9.66. The Morgan fingerprint density at radius 1 is 0.938 bits per heavy atom. The number of hydrogen-bond donors (Lipinski definition) is 2. The molecule has 0 atom stereocenters. The number of nitrogens with zero attached hydrogens (tertiary/aromatic N) is 2. The van der Waals surface area contributed by atoms with Gasteiger partial charge in [0, 0.05) is 35.2 Å². The number of amides is 1. The third-order valence-corrected chi connectivity index (χ3v) is 6.33. The van der Waals surface area contributed by atoms with Crippen LogP contribution in [0, 0.1) is 0 Å². The summed E-state index contributed by atoms with van der Waals surface area (Å²) in [6.07, 6.45) is 3.56. The van der Waals surface area contributed by atoms with Crippen LogP contribution in [0.1, 0.15) is 15.9 Å². The van der Waals surface area contributed by atoms with Crippen LogP contribution in [-0.4, -0.2) is 24.1 Å². The second kappa shape index (κ2) is 9.25. The summed E-state index contributed by atoms with van der Waals surface area (Å²) in [6, 6.07) is 21.6. The molecule has 0 aliphatic heterocycles. The van der Waals surface area contributed by atoms with Crippen LogP contribution in [0.4, 0.5) is 5.69 Å². The monoisotopic (exact) mass is 466 g/mol. The van der Waals surface area contributed by atoms with E-state index in [0.717, 1.165) is 11.3 Å². The van der Waals surface area contributed by atoms with Gasteiger partial charge in [-0.25, -0.2) is 13.1 Å². The lowest BCUT2D eigenvalue weighted by atomic mass is 10.2. The summed E-state index contributed by atoms with van der Waals surface area (Å²) in [5.41, 5.74) is 2.62. The molecule has 0 unspecified atom stereocenters. The van der Waals surface area contributed by atoms with Gasteiger partial charge in [-0.2, -0.15) is 5.10 Å². The number of hydrogen-bond acceptors (Lipinski definition) is 4. The van der Waals surface area contributed by atoms with E-state index in [-0.39, 0.29) is 10.8 Å². The normalized spacial score (nSPS) is 11.2. The van der Waals surface area contributed by atoms with Crippen molar-refractivity contribution in [3.63, 3.8) is 0 Å². The zero-order chi connectivity index (χ0) is 22.6. The standard InChI is InChI=1S/C23H19ClN4O3S/c24-19-6-8-20(9-7-19)27-32(30,31)22-12-4-18(5-13-22)23(29)25-16-17-2-10-21(11-3-17)28-15-1-14-26-28/h1-15,27H,16H2,(H,25,29). The third kappa shape index (κ3) is 5.16. The number of benzene rings is 3. The second-order valence-corrected chi connectivity index (χ2v) is 9.06. The number of rotatable bonds is 7. The Hall–Kier alpha value is -3.62. The van der Waals surface area contributed by atoms with Crippen LogP contribution >= 0.6 is 11.6 Å². The van der Waals surface area contributed by atoms with Crippen LogP contribution in [0.25, 0.3) is 5.69 Å². The van der Waals surface area contributed by atoms with Crippen molar-refractivity contribution in [2.45, 2.75) is 11.4 Å². The highest BCUT2D eigenvalue weighted by molar-refractivity contribution is 7.92. The quantitative estimate of drug-likeness (QED) is 0.425. The van der Waals surface area contributed by atoms with Crippen molar-refractivity contribution < 1.29 is 13.2 Å². The van der Waals surface area contributed by atoms with Crippen LogP contribution in [-0.2, 0) is 16.6 Å². The van der Waals surface area contributed by atoms with Crippen LogP contribution in [0.5, 0.6) is 0 Å². The molecule has 1 amide bonds. The van der Waals surface area contributed by atoms with E-state index < -0.39 is 10.0 Å². The molecule has 0 saturated carbocycles. The Balaban J connectivity index is 1.37. The molecule has 4 aromatic rings. The van der Waals surface area contributed by atoms with E-state index in [0.29, 0.717) is 22.8 Å². The second-order valence-electron chi connectivity index (χ2n) is 6.94. The summed E-state index contributed by atoms with van der Waals surface area (Å²) in [6.45, 7) is 0.344. The van der Waals surface area contributed by atoms with Gasteiger partial charge in [0.05, 0.1) is 10.6 Å². The van der Waals surface area contributed by atoms with Gasteiger partial charge < -0.3 is 5.32 Å². The molecule has 0 aliphatic carbocycles. The average molecular weight is 467 g/mol. The summed E-state index contributed by atoms with van der Waals surface area (Å²) >= 11 is 5.82. The third-order valence-electron chi connectivity index (χ3n) is 4.68. The SMILES string of the molecule is O=C(NCc1ccc(-n2cccn2)cc1)c1ccc(S(=O)(=O)Nc2ccc(Cl)cc2)cc1. The van der Waals surface area contributed by atoms with Crippen molar-refractivity contribution in [1.29, 1.82) is 0 Å². The lowest BCUT2D eigenvalue weighted by Crippen LogP contribution is -2.23. The molecule has 7 nitrogen and oxygen atoms in total. The van der Waals surface area contributed by atoms with Crippen LogP contribution in [0.15, 0.2) is 96.2 Å². The fraction of sp³-hybridized carbons (Fsp3) is 0.0435. The van der Waals surface area contributed by atoms with Gasteiger partial charge in [-0.05, 0) is 72.3 Å². The first-order chi connectivity index (χ1) is 15.4. The van der Waals surface area contributed by atoms with Crippen LogP contribution < -0.4 is 10.0 Å². The van der Waals surface area contributed by atoms with Gasteiger partial charge in [-0.1, -0.05) is 23.7 Å². The van der Waals surface area contributed by atoms with Gasteiger partial charge in [0.2, 0.25) is 0 Å². The van der Waals surface area contributed by atoms with Gasteiger partial charge in [0.15, 0.2) is 0 Å². The van der Waals surface area contributed by atoms with E-state index in [2.05, 4.69) is 15.1 Å². The van der Waals surface area contributed by atoms with E-state index >= 15 is 0 Å². The predicted molar refractivity (Wildman–Crippen MR) is 123 cm³/mol. The smallest absolute Gasteiger partial charge is 0.261 e. The molecule has 3 aromatic carbocycles. The molecule has 0 aliphatic rings. The molecule has 0 saturated heterocycles. The Morgan fingerprint density at radius 3 is 2.25 bits per heavy atom. The summed E-state index contributed by atoms with van der Waals surface area (Å²) < 4.78 is 29.3. The zero-order valence-corrected chi connectivity index (χ0v) is 18.3. The maximum atomic E-state index is 12.5. The first kappa shape index (κ1) is 21.6. The van der Waals surface area contributed by atoms with E-state index in [9.17, 15) is 13.2 Å². The number of carbonyl (C=O) groups excluding carboxylic acids is 1. The molecule has 0 radical (unpaired) electrons. The molecular weight excluding hydrogens is 448 g/mol. The Morgan fingerprint density at radius 2 is 1.62 bits per heavy atom. The minimum atomic E-state index is -3.78. The zero-order valence-electron chi connectivity index (χ0n) is 16.8. The number of halogens is 1. The summed E-state index contributed by atoms with van der Waals surface area (Å²) in [5.74, 6) is -0.296. The molecule has 162 valence electrons. The van der Waals surface area contributed by atoms with Crippen molar-refractivity contribution in [2.75, 3.05) is 4.72 Å². The average Bonchev–Trinajstić information content (AvgIpc) is 3.34. The minimum absolute atomic E-state index is 0.0539. The van der Waals surface area contributed by atoms with Crippen molar-refractivity contribution in [1.82, 2.24) is 15.1 Å². The Bertz CT molecular complexity index is 1300. The predicted octanol–water partition coefficient (Wildman–Crippen LogP) is 4.26. The molecule has 1 aromatic heterocycles. The maximum absolute atomic E-state index is 12.5. The summed E-state index contributed by atoms with van der Waals surface area (Å²) in [4.78, 5) is 12.5. The van der Waals surface area contributed by atoms with Crippen molar-refractivity contribution in [3.8, 4) is 5.69 Å². The topological polar surface area (TPSA) is 93.1 Å². The molecular formula is C23H19ClN4O3S. The Kier molecular flexibility index (Phi) is 6.25.